The molecule has 142 valence electrons. The second-order valence-corrected chi connectivity index (χ2v) is 8.55. The number of hydrogen-bond acceptors (Lipinski definition) is 3. The number of sulfonamides is 1. The van der Waals surface area contributed by atoms with Gasteiger partial charge in [0.2, 0.25) is 10.0 Å². The lowest BCUT2D eigenvalue weighted by Crippen LogP contribution is -2.35. The number of halogens is 2. The Bertz CT molecular complexity index is 992. The molecule has 8 heteroatoms. The number of anilines is 1. The number of rotatable bonds is 5. The van der Waals surface area contributed by atoms with Gasteiger partial charge in [-0.05, 0) is 36.6 Å². The predicted octanol–water partition coefficient (Wildman–Crippen LogP) is 4.18. The standard InChI is InChI=1S/C19H17ClFNO4S/c20-16-11-14(21)7-8-17(16)22-27(25,26)18-9-6-13(10-15(18)19(23)24)12-4-2-1-3-5-12/h1-5,7-8,10-11,13,18,22H,6,9H2,(H,23,24). The van der Waals surface area contributed by atoms with Crippen molar-refractivity contribution in [2.45, 2.75) is 24.0 Å². The number of nitrogens with one attached hydrogen (secondary N) is 1. The second-order valence-electron chi connectivity index (χ2n) is 6.28. The molecule has 0 radical (unpaired) electrons. The summed E-state index contributed by atoms with van der Waals surface area (Å²) in [5, 5.41) is 8.23. The van der Waals surface area contributed by atoms with Gasteiger partial charge in [0.1, 0.15) is 11.1 Å². The summed E-state index contributed by atoms with van der Waals surface area (Å²) >= 11 is 5.88. The van der Waals surface area contributed by atoms with Crippen LogP contribution < -0.4 is 4.72 Å². The Balaban J connectivity index is 1.91. The Hall–Kier alpha value is -2.38. The monoisotopic (exact) mass is 409 g/mol. The molecule has 3 rings (SSSR count). The maximum atomic E-state index is 13.2. The third kappa shape index (κ3) is 4.31. The van der Waals surface area contributed by atoms with Gasteiger partial charge in [-0.3, -0.25) is 4.72 Å². The first-order valence-corrected chi connectivity index (χ1v) is 10.2. The number of carbonyl (C=O) groups is 1. The molecule has 27 heavy (non-hydrogen) atoms. The minimum absolute atomic E-state index is 0.00740. The first-order chi connectivity index (χ1) is 12.8. The zero-order valence-electron chi connectivity index (χ0n) is 14.1. The van der Waals surface area contributed by atoms with Crippen LogP contribution in [0.3, 0.4) is 0 Å². The van der Waals surface area contributed by atoms with E-state index in [1.807, 2.05) is 30.3 Å². The summed E-state index contributed by atoms with van der Waals surface area (Å²) in [6.45, 7) is 0. The zero-order valence-corrected chi connectivity index (χ0v) is 15.7. The first-order valence-electron chi connectivity index (χ1n) is 8.24. The molecule has 2 unspecified atom stereocenters. The largest absolute Gasteiger partial charge is 0.478 e. The van der Waals surface area contributed by atoms with Gasteiger partial charge in [0, 0.05) is 5.92 Å². The summed E-state index contributed by atoms with van der Waals surface area (Å²) in [6, 6.07) is 12.6. The Labute approximate surface area is 161 Å². The van der Waals surface area contributed by atoms with Crippen LogP contribution in [0.5, 0.6) is 0 Å². The van der Waals surface area contributed by atoms with Crippen molar-refractivity contribution in [1.82, 2.24) is 0 Å². The Morgan fingerprint density at radius 3 is 2.48 bits per heavy atom. The van der Waals surface area contributed by atoms with E-state index in [-0.39, 0.29) is 28.6 Å². The SMILES string of the molecule is O=C(O)C1=CC(c2ccccc2)CCC1S(=O)(=O)Nc1ccc(F)cc1Cl. The molecular weight excluding hydrogens is 393 g/mol. The Kier molecular flexibility index (Phi) is 5.53. The van der Waals surface area contributed by atoms with Crippen molar-refractivity contribution in [3.8, 4) is 0 Å². The van der Waals surface area contributed by atoms with Crippen LogP contribution >= 0.6 is 11.6 Å². The van der Waals surface area contributed by atoms with Crippen LogP contribution in [0.4, 0.5) is 10.1 Å². The van der Waals surface area contributed by atoms with Crippen molar-refractivity contribution in [3.05, 3.63) is 76.6 Å². The van der Waals surface area contributed by atoms with E-state index < -0.39 is 27.1 Å². The normalized spacial score (nSPS) is 20.0. The van der Waals surface area contributed by atoms with Crippen LogP contribution in [0.1, 0.15) is 24.3 Å². The average Bonchev–Trinajstić information content (AvgIpc) is 2.64. The second kappa shape index (κ2) is 7.70. The van der Waals surface area contributed by atoms with E-state index >= 15 is 0 Å². The number of carboxylic acid groups (broad SMARTS) is 1. The van der Waals surface area contributed by atoms with Gasteiger partial charge in [-0.15, -0.1) is 0 Å². The molecule has 2 aromatic carbocycles. The maximum absolute atomic E-state index is 13.2. The van der Waals surface area contributed by atoms with Crippen LogP contribution in [-0.2, 0) is 14.8 Å². The number of benzene rings is 2. The number of hydrogen-bond donors (Lipinski definition) is 2. The van der Waals surface area contributed by atoms with Gasteiger partial charge in [-0.25, -0.2) is 17.6 Å². The molecule has 0 spiro atoms. The highest BCUT2D eigenvalue weighted by Gasteiger charge is 2.37. The zero-order chi connectivity index (χ0) is 19.6. The van der Waals surface area contributed by atoms with Crippen LogP contribution in [-0.4, -0.2) is 24.7 Å². The van der Waals surface area contributed by atoms with Crippen LogP contribution in [0.2, 0.25) is 5.02 Å². The van der Waals surface area contributed by atoms with Gasteiger partial charge in [0.25, 0.3) is 0 Å². The Morgan fingerprint density at radius 1 is 1.15 bits per heavy atom. The highest BCUT2D eigenvalue weighted by Crippen LogP contribution is 2.35. The summed E-state index contributed by atoms with van der Waals surface area (Å²) < 4.78 is 41.0. The van der Waals surface area contributed by atoms with Gasteiger partial charge >= 0.3 is 5.97 Å². The highest BCUT2D eigenvalue weighted by molar-refractivity contribution is 7.93. The van der Waals surface area contributed by atoms with Crippen molar-refractivity contribution in [2.75, 3.05) is 4.72 Å². The number of carboxylic acids is 1. The lowest BCUT2D eigenvalue weighted by Gasteiger charge is -2.27. The lowest BCUT2D eigenvalue weighted by atomic mass is 9.85. The van der Waals surface area contributed by atoms with Crippen molar-refractivity contribution in [2.24, 2.45) is 0 Å². The molecule has 0 bridgehead atoms. The topological polar surface area (TPSA) is 83.5 Å². The van der Waals surface area contributed by atoms with Crippen molar-refractivity contribution >= 4 is 33.3 Å². The van der Waals surface area contributed by atoms with E-state index in [0.29, 0.717) is 6.42 Å². The molecule has 0 saturated heterocycles. The van der Waals surface area contributed by atoms with E-state index in [4.69, 9.17) is 11.6 Å². The van der Waals surface area contributed by atoms with Crippen LogP contribution in [0.15, 0.2) is 60.2 Å². The Morgan fingerprint density at radius 2 is 1.85 bits per heavy atom. The summed E-state index contributed by atoms with van der Waals surface area (Å²) in [6.07, 6.45) is 2.13. The van der Waals surface area contributed by atoms with E-state index in [1.165, 1.54) is 12.1 Å². The molecule has 5 nitrogen and oxygen atoms in total. The summed E-state index contributed by atoms with van der Waals surface area (Å²) in [4.78, 5) is 11.7. The molecule has 0 heterocycles. The van der Waals surface area contributed by atoms with E-state index in [9.17, 15) is 22.7 Å². The van der Waals surface area contributed by atoms with E-state index in [0.717, 1.165) is 17.7 Å². The van der Waals surface area contributed by atoms with Gasteiger partial charge in [-0.1, -0.05) is 48.0 Å². The smallest absolute Gasteiger partial charge is 0.332 e. The van der Waals surface area contributed by atoms with Crippen molar-refractivity contribution in [3.63, 3.8) is 0 Å². The van der Waals surface area contributed by atoms with Gasteiger partial charge in [0.15, 0.2) is 0 Å². The molecule has 2 aromatic rings. The minimum atomic E-state index is -4.08. The quantitative estimate of drug-likeness (QED) is 0.776. The molecule has 0 fully saturated rings. The first kappa shape index (κ1) is 19.4. The van der Waals surface area contributed by atoms with E-state index in [2.05, 4.69) is 4.72 Å². The van der Waals surface area contributed by atoms with Crippen LogP contribution in [0, 0.1) is 5.82 Å². The van der Waals surface area contributed by atoms with Crippen molar-refractivity contribution < 1.29 is 22.7 Å². The molecule has 2 atom stereocenters. The molecule has 0 amide bonds. The summed E-state index contributed by atoms with van der Waals surface area (Å²) in [5.74, 6) is -2.05. The summed E-state index contributed by atoms with van der Waals surface area (Å²) in [7, 11) is -4.08. The minimum Gasteiger partial charge on any atom is -0.478 e. The third-order valence-electron chi connectivity index (χ3n) is 4.50. The lowest BCUT2D eigenvalue weighted by molar-refractivity contribution is -0.132. The fourth-order valence-electron chi connectivity index (χ4n) is 3.18. The molecule has 0 aromatic heterocycles. The molecule has 1 aliphatic carbocycles. The molecule has 0 saturated carbocycles. The van der Waals surface area contributed by atoms with Gasteiger partial charge < -0.3 is 5.11 Å². The molecular formula is C19H17ClFNO4S. The number of aliphatic carboxylic acids is 1. The average molecular weight is 410 g/mol. The van der Waals surface area contributed by atoms with Crippen molar-refractivity contribution in [1.29, 1.82) is 0 Å². The van der Waals surface area contributed by atoms with Gasteiger partial charge in [0.05, 0.1) is 16.3 Å². The van der Waals surface area contributed by atoms with Gasteiger partial charge in [-0.2, -0.15) is 0 Å². The molecule has 0 aliphatic heterocycles. The maximum Gasteiger partial charge on any atom is 0.332 e. The highest BCUT2D eigenvalue weighted by atomic mass is 35.5. The van der Waals surface area contributed by atoms with E-state index in [1.54, 1.807) is 0 Å². The fourth-order valence-corrected chi connectivity index (χ4v) is 5.04. The molecule has 2 N–H and O–H groups in total. The molecule has 1 aliphatic rings. The van der Waals surface area contributed by atoms with Crippen LogP contribution in [0.25, 0.3) is 0 Å². The fraction of sp³-hybridized carbons (Fsp3) is 0.211. The third-order valence-corrected chi connectivity index (χ3v) is 6.56. The number of allylic oxidation sites excluding steroid dienone is 1. The predicted molar refractivity (Wildman–Crippen MR) is 102 cm³/mol. The summed E-state index contributed by atoms with van der Waals surface area (Å²) in [5.41, 5.74) is 0.760.